The van der Waals surface area contributed by atoms with E-state index in [9.17, 15) is 22.4 Å². The highest BCUT2D eigenvalue weighted by molar-refractivity contribution is 9.10. The van der Waals surface area contributed by atoms with Crippen LogP contribution in [0.2, 0.25) is 0 Å². The van der Waals surface area contributed by atoms with Gasteiger partial charge in [0.05, 0.1) is 10.6 Å². The Labute approximate surface area is 225 Å². The Kier molecular flexibility index (Phi) is 9.82. The maximum atomic E-state index is 13.7. The molecule has 37 heavy (non-hydrogen) atoms. The maximum absolute atomic E-state index is 13.7. The monoisotopic (exact) mass is 589 g/mol. The molecule has 0 saturated heterocycles. The highest BCUT2D eigenvalue weighted by atomic mass is 79.9. The van der Waals surface area contributed by atoms with Gasteiger partial charge in [0, 0.05) is 17.6 Å². The fourth-order valence-corrected chi connectivity index (χ4v) is 5.55. The largest absolute Gasteiger partial charge is 0.354 e. The molecule has 3 rings (SSSR count). The van der Waals surface area contributed by atoms with Crippen LogP contribution in [0.15, 0.2) is 88.2 Å². The van der Waals surface area contributed by atoms with Gasteiger partial charge >= 0.3 is 0 Å². The van der Waals surface area contributed by atoms with Crippen LogP contribution >= 0.6 is 15.9 Å². The number of sulfonamides is 1. The normalized spacial score (nSPS) is 12.0. The minimum atomic E-state index is -4.18. The Morgan fingerprint density at radius 3 is 2.30 bits per heavy atom. The first-order valence-corrected chi connectivity index (χ1v) is 14.0. The lowest BCUT2D eigenvalue weighted by Crippen LogP contribution is -2.51. The van der Waals surface area contributed by atoms with E-state index in [2.05, 4.69) is 21.2 Å². The third-order valence-electron chi connectivity index (χ3n) is 5.68. The molecule has 3 aromatic rings. The third kappa shape index (κ3) is 7.39. The molecule has 10 heteroatoms. The quantitative estimate of drug-likeness (QED) is 0.350. The molecule has 0 heterocycles. The van der Waals surface area contributed by atoms with Gasteiger partial charge < -0.3 is 10.2 Å². The lowest BCUT2D eigenvalue weighted by molar-refractivity contribution is -0.139. The Balaban J connectivity index is 2.00. The number of benzene rings is 3. The van der Waals surface area contributed by atoms with E-state index < -0.39 is 34.3 Å². The number of hydrogen-bond donors (Lipinski definition) is 1. The average Bonchev–Trinajstić information content (AvgIpc) is 2.89. The molecule has 196 valence electrons. The highest BCUT2D eigenvalue weighted by Gasteiger charge is 2.32. The van der Waals surface area contributed by atoms with Crippen LogP contribution in [0, 0.1) is 5.82 Å². The van der Waals surface area contributed by atoms with E-state index in [-0.39, 0.29) is 23.0 Å². The van der Waals surface area contributed by atoms with E-state index in [1.165, 1.54) is 29.2 Å². The second-order valence-electron chi connectivity index (χ2n) is 8.42. The van der Waals surface area contributed by atoms with Crippen molar-refractivity contribution in [3.05, 3.63) is 94.7 Å². The molecular formula is C27H29BrFN3O4S. The first-order chi connectivity index (χ1) is 17.6. The van der Waals surface area contributed by atoms with Crippen molar-refractivity contribution in [1.82, 2.24) is 10.2 Å². The number of halogens is 2. The van der Waals surface area contributed by atoms with Crippen LogP contribution < -0.4 is 9.62 Å². The van der Waals surface area contributed by atoms with E-state index >= 15 is 0 Å². The van der Waals surface area contributed by atoms with E-state index in [1.807, 2.05) is 31.2 Å². The summed E-state index contributed by atoms with van der Waals surface area (Å²) in [5.74, 6) is -1.46. The SMILES string of the molecule is CCCNC(=O)[C@@H](C)N(Cc1cccc(Br)c1)C(=O)CN(c1ccc(F)cc1)S(=O)(=O)c1ccccc1. The van der Waals surface area contributed by atoms with Crippen molar-refractivity contribution >= 4 is 43.5 Å². The summed E-state index contributed by atoms with van der Waals surface area (Å²) < 4.78 is 42.6. The second-order valence-corrected chi connectivity index (χ2v) is 11.2. The molecule has 1 N–H and O–H groups in total. The number of anilines is 1. The van der Waals surface area contributed by atoms with Gasteiger partial charge in [0.1, 0.15) is 18.4 Å². The third-order valence-corrected chi connectivity index (χ3v) is 7.96. The van der Waals surface area contributed by atoms with Crippen LogP contribution in [-0.4, -0.2) is 44.3 Å². The van der Waals surface area contributed by atoms with Gasteiger partial charge in [-0.2, -0.15) is 0 Å². The van der Waals surface area contributed by atoms with Crippen molar-refractivity contribution in [2.24, 2.45) is 0 Å². The lowest BCUT2D eigenvalue weighted by atomic mass is 10.1. The zero-order valence-corrected chi connectivity index (χ0v) is 23.0. The summed E-state index contributed by atoms with van der Waals surface area (Å²) in [4.78, 5) is 27.9. The molecule has 0 bridgehead atoms. The van der Waals surface area contributed by atoms with Gasteiger partial charge in [-0.15, -0.1) is 0 Å². The Morgan fingerprint density at radius 2 is 1.68 bits per heavy atom. The van der Waals surface area contributed by atoms with Crippen molar-refractivity contribution in [3.63, 3.8) is 0 Å². The molecule has 0 aliphatic heterocycles. The summed E-state index contributed by atoms with van der Waals surface area (Å²) in [6.07, 6.45) is 0.728. The van der Waals surface area contributed by atoms with Gasteiger partial charge in [-0.05, 0) is 67.4 Å². The number of carbonyl (C=O) groups excluding carboxylic acids is 2. The molecule has 7 nitrogen and oxygen atoms in total. The fourth-order valence-electron chi connectivity index (χ4n) is 3.67. The maximum Gasteiger partial charge on any atom is 0.264 e. The van der Waals surface area contributed by atoms with Crippen molar-refractivity contribution in [1.29, 1.82) is 0 Å². The molecule has 3 aromatic carbocycles. The van der Waals surface area contributed by atoms with E-state index in [0.717, 1.165) is 32.9 Å². The van der Waals surface area contributed by atoms with Crippen molar-refractivity contribution in [3.8, 4) is 0 Å². The second kappa shape index (κ2) is 12.8. The van der Waals surface area contributed by atoms with Crippen molar-refractivity contribution < 1.29 is 22.4 Å². The average molecular weight is 591 g/mol. The van der Waals surface area contributed by atoms with Crippen LogP contribution in [0.4, 0.5) is 10.1 Å². The molecule has 0 fully saturated rings. The van der Waals surface area contributed by atoms with Crippen LogP contribution in [0.1, 0.15) is 25.8 Å². The molecule has 0 radical (unpaired) electrons. The fraction of sp³-hybridized carbons (Fsp3) is 0.259. The van der Waals surface area contributed by atoms with Gasteiger partial charge in [-0.3, -0.25) is 13.9 Å². The van der Waals surface area contributed by atoms with Crippen molar-refractivity contribution in [2.75, 3.05) is 17.4 Å². The van der Waals surface area contributed by atoms with Crippen LogP contribution in [0.5, 0.6) is 0 Å². The van der Waals surface area contributed by atoms with Gasteiger partial charge in [0.15, 0.2) is 0 Å². The molecule has 1 atom stereocenters. The zero-order chi connectivity index (χ0) is 27.0. The summed E-state index contributed by atoms with van der Waals surface area (Å²) in [6, 6.07) is 19.0. The Hall–Kier alpha value is -3.24. The predicted octanol–water partition coefficient (Wildman–Crippen LogP) is 4.73. The predicted molar refractivity (Wildman–Crippen MR) is 145 cm³/mol. The number of nitrogens with zero attached hydrogens (tertiary/aromatic N) is 2. The molecule has 2 amide bonds. The Bertz CT molecular complexity index is 1320. The first kappa shape index (κ1) is 28.3. The van der Waals surface area contributed by atoms with Gasteiger partial charge in [-0.25, -0.2) is 12.8 Å². The molecular weight excluding hydrogens is 561 g/mol. The number of amides is 2. The summed E-state index contributed by atoms with van der Waals surface area (Å²) in [5.41, 5.74) is 0.890. The van der Waals surface area contributed by atoms with Crippen LogP contribution in [-0.2, 0) is 26.2 Å². The molecule has 0 aliphatic carbocycles. The zero-order valence-electron chi connectivity index (χ0n) is 20.6. The lowest BCUT2D eigenvalue weighted by Gasteiger charge is -2.32. The summed E-state index contributed by atoms with van der Waals surface area (Å²) in [5, 5.41) is 2.80. The van der Waals surface area contributed by atoms with Gasteiger partial charge in [0.2, 0.25) is 11.8 Å². The summed E-state index contributed by atoms with van der Waals surface area (Å²) in [6.45, 7) is 3.48. The number of rotatable bonds is 11. The summed E-state index contributed by atoms with van der Waals surface area (Å²) >= 11 is 3.42. The topological polar surface area (TPSA) is 86.8 Å². The standard InChI is InChI=1S/C27H29BrFN3O4S/c1-3-16-30-27(34)20(2)31(18-21-8-7-9-22(28)17-21)26(33)19-32(24-14-12-23(29)13-15-24)37(35,36)25-10-5-4-6-11-25/h4-15,17,20H,3,16,18-19H2,1-2H3,(H,30,34)/t20-/m1/s1. The number of carbonyl (C=O) groups is 2. The number of nitrogens with one attached hydrogen (secondary N) is 1. The highest BCUT2D eigenvalue weighted by Crippen LogP contribution is 2.25. The minimum absolute atomic E-state index is 0.0144. The van der Waals surface area contributed by atoms with E-state index in [1.54, 1.807) is 25.1 Å². The van der Waals surface area contributed by atoms with Gasteiger partial charge in [0.25, 0.3) is 10.0 Å². The molecule has 0 aliphatic rings. The minimum Gasteiger partial charge on any atom is -0.354 e. The Morgan fingerprint density at radius 1 is 1.00 bits per heavy atom. The van der Waals surface area contributed by atoms with Crippen LogP contribution in [0.25, 0.3) is 0 Å². The molecule has 0 saturated carbocycles. The van der Waals surface area contributed by atoms with E-state index in [0.29, 0.717) is 6.54 Å². The summed E-state index contributed by atoms with van der Waals surface area (Å²) in [7, 11) is -4.18. The van der Waals surface area contributed by atoms with Gasteiger partial charge in [-0.1, -0.05) is 53.2 Å². The number of hydrogen-bond acceptors (Lipinski definition) is 4. The first-order valence-electron chi connectivity index (χ1n) is 11.8. The molecule has 0 unspecified atom stereocenters. The smallest absolute Gasteiger partial charge is 0.264 e. The van der Waals surface area contributed by atoms with Crippen molar-refractivity contribution in [2.45, 2.75) is 37.8 Å². The van der Waals surface area contributed by atoms with E-state index in [4.69, 9.17) is 0 Å². The van der Waals surface area contributed by atoms with Crippen LogP contribution in [0.3, 0.4) is 0 Å². The molecule has 0 spiro atoms. The molecule has 0 aromatic heterocycles.